The molecule has 0 bridgehead atoms. The average Bonchev–Trinajstić information content (AvgIpc) is 3.16. The van der Waals surface area contributed by atoms with E-state index >= 15 is 0 Å². The number of methoxy groups -OCH3 is 2. The Bertz CT molecular complexity index is 1000. The number of aliphatic hydroxyl groups excluding tert-OH is 3. The predicted octanol–water partition coefficient (Wildman–Crippen LogP) is 1.20. The standard InChI is InChI=1S/C19H21NO8/c1-8-13(21)14(22)15(23)19(27-8)28-11-5-4-9-12(17(11)25-3)20-18-10(6-7-26-18)16(9)24-2/h4-8,13-15,19,21-23H,1-3H3/t8-,13-,14+,15-,19-/m0/s1. The highest BCUT2D eigenvalue weighted by molar-refractivity contribution is 6.02. The van der Waals surface area contributed by atoms with Gasteiger partial charge in [-0.1, -0.05) is 0 Å². The van der Waals surface area contributed by atoms with Crippen molar-refractivity contribution in [3.8, 4) is 17.2 Å². The second-order valence-electron chi connectivity index (χ2n) is 6.58. The molecule has 1 fully saturated rings. The fourth-order valence-corrected chi connectivity index (χ4v) is 3.40. The lowest BCUT2D eigenvalue weighted by molar-refractivity contribution is -0.268. The quantitative estimate of drug-likeness (QED) is 0.602. The van der Waals surface area contributed by atoms with Crippen LogP contribution in [-0.4, -0.2) is 65.2 Å². The summed E-state index contributed by atoms with van der Waals surface area (Å²) in [5.41, 5.74) is 0.819. The van der Waals surface area contributed by atoms with Crippen LogP contribution in [0.3, 0.4) is 0 Å². The van der Waals surface area contributed by atoms with Crippen LogP contribution in [-0.2, 0) is 4.74 Å². The third kappa shape index (κ3) is 2.83. The summed E-state index contributed by atoms with van der Waals surface area (Å²) < 4.78 is 27.7. The van der Waals surface area contributed by atoms with Crippen molar-refractivity contribution in [2.75, 3.05) is 14.2 Å². The molecule has 0 aliphatic carbocycles. The Hall–Kier alpha value is -2.59. The molecule has 3 heterocycles. The smallest absolute Gasteiger partial charge is 0.230 e. The lowest BCUT2D eigenvalue weighted by atomic mass is 10.00. The highest BCUT2D eigenvalue weighted by Gasteiger charge is 2.43. The topological polar surface area (TPSA) is 124 Å². The first-order chi connectivity index (χ1) is 13.5. The monoisotopic (exact) mass is 391 g/mol. The van der Waals surface area contributed by atoms with Gasteiger partial charge in [0.25, 0.3) is 0 Å². The molecule has 9 heteroatoms. The van der Waals surface area contributed by atoms with Gasteiger partial charge in [-0.3, -0.25) is 0 Å². The molecule has 2 aromatic heterocycles. The maximum absolute atomic E-state index is 10.2. The lowest BCUT2D eigenvalue weighted by Crippen LogP contribution is -2.58. The number of aliphatic hydroxyl groups is 3. The van der Waals surface area contributed by atoms with E-state index in [9.17, 15) is 15.3 Å². The first kappa shape index (κ1) is 18.8. The highest BCUT2D eigenvalue weighted by atomic mass is 16.7. The van der Waals surface area contributed by atoms with E-state index in [2.05, 4.69) is 4.98 Å². The van der Waals surface area contributed by atoms with E-state index < -0.39 is 30.7 Å². The molecular weight excluding hydrogens is 370 g/mol. The van der Waals surface area contributed by atoms with Crippen LogP contribution in [0.25, 0.3) is 22.0 Å². The number of pyridine rings is 1. The van der Waals surface area contributed by atoms with E-state index in [4.69, 9.17) is 23.4 Å². The fourth-order valence-electron chi connectivity index (χ4n) is 3.40. The number of furan rings is 1. The van der Waals surface area contributed by atoms with Crippen LogP contribution in [0, 0.1) is 0 Å². The molecule has 0 radical (unpaired) electrons. The van der Waals surface area contributed by atoms with Gasteiger partial charge in [0.2, 0.25) is 12.0 Å². The largest absolute Gasteiger partial charge is 0.495 e. The normalized spacial score (nSPS) is 27.9. The van der Waals surface area contributed by atoms with E-state index in [1.54, 1.807) is 32.2 Å². The molecule has 28 heavy (non-hydrogen) atoms. The molecule has 1 aromatic carbocycles. The summed E-state index contributed by atoms with van der Waals surface area (Å²) in [4.78, 5) is 4.49. The Morgan fingerprint density at radius 2 is 1.68 bits per heavy atom. The minimum absolute atomic E-state index is 0.246. The molecule has 1 aliphatic rings. The number of hydrogen-bond donors (Lipinski definition) is 3. The van der Waals surface area contributed by atoms with Gasteiger partial charge in [0.15, 0.2) is 11.5 Å². The van der Waals surface area contributed by atoms with Gasteiger partial charge in [-0.25, -0.2) is 4.98 Å². The summed E-state index contributed by atoms with van der Waals surface area (Å²) in [5, 5.41) is 31.4. The summed E-state index contributed by atoms with van der Waals surface area (Å²) in [6.45, 7) is 1.58. The third-order valence-electron chi connectivity index (χ3n) is 4.90. The predicted molar refractivity (Wildman–Crippen MR) is 97.6 cm³/mol. The van der Waals surface area contributed by atoms with Crippen molar-refractivity contribution in [2.24, 2.45) is 0 Å². The Morgan fingerprint density at radius 3 is 2.39 bits per heavy atom. The van der Waals surface area contributed by atoms with Crippen molar-refractivity contribution in [1.82, 2.24) is 4.98 Å². The molecular formula is C19H21NO8. The number of rotatable bonds is 4. The average molecular weight is 391 g/mol. The van der Waals surface area contributed by atoms with Crippen LogP contribution in [0.4, 0.5) is 0 Å². The van der Waals surface area contributed by atoms with Crippen LogP contribution in [0.15, 0.2) is 28.9 Å². The zero-order valence-electron chi connectivity index (χ0n) is 15.5. The summed E-state index contributed by atoms with van der Waals surface area (Å²) in [6, 6.07) is 5.14. The summed E-state index contributed by atoms with van der Waals surface area (Å²) >= 11 is 0. The first-order valence-corrected chi connectivity index (χ1v) is 8.74. The first-order valence-electron chi connectivity index (χ1n) is 8.74. The van der Waals surface area contributed by atoms with Crippen LogP contribution in [0.1, 0.15) is 6.92 Å². The van der Waals surface area contributed by atoms with Gasteiger partial charge in [-0.05, 0) is 25.1 Å². The Labute approximate surface area is 160 Å². The van der Waals surface area contributed by atoms with E-state index in [1.807, 2.05) is 0 Å². The molecule has 0 amide bonds. The van der Waals surface area contributed by atoms with Crippen molar-refractivity contribution in [3.05, 3.63) is 24.5 Å². The highest BCUT2D eigenvalue weighted by Crippen LogP contribution is 2.42. The molecule has 150 valence electrons. The molecule has 3 N–H and O–H groups in total. The molecule has 1 saturated heterocycles. The Morgan fingerprint density at radius 1 is 0.929 bits per heavy atom. The fraction of sp³-hybridized carbons (Fsp3) is 0.421. The second-order valence-corrected chi connectivity index (χ2v) is 6.58. The third-order valence-corrected chi connectivity index (χ3v) is 4.90. The zero-order valence-corrected chi connectivity index (χ0v) is 15.5. The van der Waals surface area contributed by atoms with Gasteiger partial charge in [0, 0.05) is 5.39 Å². The van der Waals surface area contributed by atoms with Gasteiger partial charge in [-0.2, -0.15) is 0 Å². The molecule has 3 aromatic rings. The van der Waals surface area contributed by atoms with Crippen molar-refractivity contribution in [2.45, 2.75) is 37.6 Å². The van der Waals surface area contributed by atoms with Gasteiger partial charge >= 0.3 is 0 Å². The second kappa shape index (κ2) is 7.10. The number of benzene rings is 1. The molecule has 4 rings (SSSR count). The van der Waals surface area contributed by atoms with Crippen molar-refractivity contribution >= 4 is 22.0 Å². The van der Waals surface area contributed by atoms with Crippen LogP contribution in [0.5, 0.6) is 17.2 Å². The molecule has 5 atom stereocenters. The number of ether oxygens (including phenoxy) is 4. The molecule has 0 saturated carbocycles. The van der Waals surface area contributed by atoms with Gasteiger partial charge < -0.3 is 38.7 Å². The maximum atomic E-state index is 10.2. The number of nitrogens with zero attached hydrogens (tertiary/aromatic N) is 1. The molecule has 1 aliphatic heterocycles. The van der Waals surface area contributed by atoms with E-state index in [0.717, 1.165) is 5.39 Å². The van der Waals surface area contributed by atoms with Gasteiger partial charge in [-0.15, -0.1) is 0 Å². The van der Waals surface area contributed by atoms with Crippen molar-refractivity contribution in [1.29, 1.82) is 0 Å². The van der Waals surface area contributed by atoms with E-state index in [1.165, 1.54) is 13.4 Å². The van der Waals surface area contributed by atoms with Crippen molar-refractivity contribution in [3.63, 3.8) is 0 Å². The van der Waals surface area contributed by atoms with Crippen LogP contribution < -0.4 is 14.2 Å². The molecule has 0 unspecified atom stereocenters. The lowest BCUT2D eigenvalue weighted by Gasteiger charge is -2.39. The number of fused-ring (bicyclic) bond motifs is 2. The van der Waals surface area contributed by atoms with Gasteiger partial charge in [0.1, 0.15) is 29.6 Å². The minimum Gasteiger partial charge on any atom is -0.495 e. The van der Waals surface area contributed by atoms with Gasteiger partial charge in [0.05, 0.1) is 32.0 Å². The van der Waals surface area contributed by atoms with Crippen molar-refractivity contribution < 1.29 is 38.7 Å². The van der Waals surface area contributed by atoms with Crippen LogP contribution >= 0.6 is 0 Å². The Balaban J connectivity index is 1.79. The molecule has 9 nitrogen and oxygen atoms in total. The summed E-state index contributed by atoms with van der Waals surface area (Å²) in [5.74, 6) is 1.12. The molecule has 0 spiro atoms. The maximum Gasteiger partial charge on any atom is 0.230 e. The SMILES string of the molecule is COc1c2ccoc2nc2c(OC)c(O[C@@H]3O[C@@H](C)[C@H](O)[C@@H](O)[C@@H]3O)ccc12. The minimum atomic E-state index is -1.44. The van der Waals surface area contributed by atoms with Crippen LogP contribution in [0.2, 0.25) is 0 Å². The zero-order chi connectivity index (χ0) is 20.0. The van der Waals surface area contributed by atoms with E-state index in [0.29, 0.717) is 22.4 Å². The number of aromatic nitrogens is 1. The van der Waals surface area contributed by atoms with E-state index in [-0.39, 0.29) is 11.5 Å². The number of hydrogen-bond acceptors (Lipinski definition) is 9. The summed E-state index contributed by atoms with van der Waals surface area (Å²) in [7, 11) is 3.01. The Kier molecular flexibility index (Phi) is 4.76. The summed E-state index contributed by atoms with van der Waals surface area (Å²) in [6.07, 6.45) is -4.47.